The number of carbonyl (C=O) groups is 1. The van der Waals surface area contributed by atoms with Crippen LogP contribution in [0.5, 0.6) is 0 Å². The summed E-state index contributed by atoms with van der Waals surface area (Å²) in [6.07, 6.45) is 1.75. The summed E-state index contributed by atoms with van der Waals surface area (Å²) in [6, 6.07) is 0. The normalized spacial score (nSPS) is 25.7. The summed E-state index contributed by atoms with van der Waals surface area (Å²) in [4.78, 5) is 12.0. The van der Waals surface area contributed by atoms with Crippen molar-refractivity contribution < 1.29 is 18.3 Å². The van der Waals surface area contributed by atoms with Crippen molar-refractivity contribution in [3.8, 4) is 0 Å². The monoisotopic (exact) mass is 316 g/mol. The maximum Gasteiger partial charge on any atom is 0.242 e. The van der Waals surface area contributed by atoms with Gasteiger partial charge in [0, 0.05) is 0 Å². The summed E-state index contributed by atoms with van der Waals surface area (Å²) in [5.41, 5.74) is -0.303. The molecule has 118 valence electrons. The first-order chi connectivity index (χ1) is 9.73. The van der Waals surface area contributed by atoms with Crippen LogP contribution < -0.4 is 5.32 Å². The second-order valence-electron chi connectivity index (χ2n) is 5.72. The van der Waals surface area contributed by atoms with Crippen molar-refractivity contribution in [3.63, 3.8) is 0 Å². The highest BCUT2D eigenvalue weighted by Gasteiger charge is 2.39. The Hall–Kier alpha value is -1.48. The highest BCUT2D eigenvalue weighted by Crippen LogP contribution is 2.22. The van der Waals surface area contributed by atoms with Crippen LogP contribution in [0.4, 0.5) is 0 Å². The molecule has 0 bridgehead atoms. The van der Waals surface area contributed by atoms with Gasteiger partial charge < -0.3 is 10.4 Å². The average Bonchev–Trinajstić information content (AvgIpc) is 2.93. The number of hydrogen-bond acceptors (Lipinski definition) is 6. The van der Waals surface area contributed by atoms with Crippen molar-refractivity contribution in [2.45, 2.75) is 44.9 Å². The number of hydrogen-bond donors (Lipinski definition) is 2. The molecule has 0 spiro atoms. The molecule has 0 aromatic carbocycles. The van der Waals surface area contributed by atoms with Gasteiger partial charge in [0.25, 0.3) is 0 Å². The van der Waals surface area contributed by atoms with Gasteiger partial charge in [0.2, 0.25) is 5.91 Å². The van der Waals surface area contributed by atoms with Crippen LogP contribution in [0.2, 0.25) is 0 Å². The third-order valence-electron chi connectivity index (χ3n) is 3.53. The second-order valence-corrected chi connectivity index (χ2v) is 7.90. The van der Waals surface area contributed by atoms with E-state index in [1.807, 2.05) is 6.92 Å². The van der Waals surface area contributed by atoms with Crippen LogP contribution in [0, 0.1) is 0 Å². The van der Waals surface area contributed by atoms with E-state index in [4.69, 9.17) is 0 Å². The van der Waals surface area contributed by atoms with E-state index in [-0.39, 0.29) is 24.0 Å². The predicted molar refractivity (Wildman–Crippen MR) is 75.1 cm³/mol. The molecule has 1 fully saturated rings. The van der Waals surface area contributed by atoms with Gasteiger partial charge in [-0.25, -0.2) is 13.1 Å². The third-order valence-corrected chi connectivity index (χ3v) is 5.44. The van der Waals surface area contributed by atoms with E-state index in [2.05, 4.69) is 15.6 Å². The van der Waals surface area contributed by atoms with Gasteiger partial charge in [-0.05, 0) is 19.8 Å². The minimum absolute atomic E-state index is 0.0388. The zero-order chi connectivity index (χ0) is 15.7. The molecule has 21 heavy (non-hydrogen) atoms. The van der Waals surface area contributed by atoms with Gasteiger partial charge in [-0.2, -0.15) is 0 Å². The molecule has 2 rings (SSSR count). The number of aromatic nitrogens is 3. The molecule has 2 unspecified atom stereocenters. The van der Waals surface area contributed by atoms with Crippen LogP contribution in [0.15, 0.2) is 6.20 Å². The lowest BCUT2D eigenvalue weighted by Gasteiger charge is -2.23. The Labute approximate surface area is 123 Å². The van der Waals surface area contributed by atoms with E-state index < -0.39 is 21.5 Å². The Morgan fingerprint density at radius 2 is 2.33 bits per heavy atom. The van der Waals surface area contributed by atoms with E-state index >= 15 is 0 Å². The lowest BCUT2D eigenvalue weighted by molar-refractivity contribution is -0.123. The molecule has 1 aromatic heterocycles. The van der Waals surface area contributed by atoms with Gasteiger partial charge in [-0.3, -0.25) is 4.79 Å². The number of sulfone groups is 1. The fourth-order valence-electron chi connectivity index (χ4n) is 2.38. The standard InChI is InChI=1S/C12H20N4O4S/c1-3-10(17)9-6-16(15-14-9)7-11(18)13-12(2)4-5-21(19,20)8-12/h6,10,17H,3-5,7-8H2,1-2H3,(H,13,18). The summed E-state index contributed by atoms with van der Waals surface area (Å²) in [7, 11) is -3.07. The fraction of sp³-hybridized carbons (Fsp3) is 0.750. The molecule has 1 aromatic rings. The molecular formula is C12H20N4O4S. The van der Waals surface area contributed by atoms with Crippen LogP contribution in [-0.2, 0) is 21.2 Å². The number of aliphatic hydroxyl groups is 1. The molecule has 0 aliphatic carbocycles. The number of nitrogens with zero attached hydrogens (tertiary/aromatic N) is 3. The van der Waals surface area contributed by atoms with Crippen molar-refractivity contribution in [1.82, 2.24) is 20.3 Å². The van der Waals surface area contributed by atoms with E-state index in [9.17, 15) is 18.3 Å². The molecule has 1 aliphatic heterocycles. The first kappa shape index (κ1) is 15.9. The van der Waals surface area contributed by atoms with Crippen molar-refractivity contribution in [2.75, 3.05) is 11.5 Å². The van der Waals surface area contributed by atoms with Crippen molar-refractivity contribution in [1.29, 1.82) is 0 Å². The quantitative estimate of drug-likeness (QED) is 0.751. The first-order valence-electron chi connectivity index (χ1n) is 6.82. The Morgan fingerprint density at radius 3 is 2.90 bits per heavy atom. The Kier molecular flexibility index (Phi) is 4.33. The van der Waals surface area contributed by atoms with E-state index in [0.29, 0.717) is 18.5 Å². The zero-order valence-corrected chi connectivity index (χ0v) is 12.9. The molecule has 9 heteroatoms. The smallest absolute Gasteiger partial charge is 0.242 e. The van der Waals surface area contributed by atoms with Crippen LogP contribution >= 0.6 is 0 Å². The molecule has 1 aliphatic rings. The van der Waals surface area contributed by atoms with E-state index in [0.717, 1.165) is 0 Å². The van der Waals surface area contributed by atoms with Crippen LogP contribution in [-0.4, -0.2) is 51.5 Å². The summed E-state index contributed by atoms with van der Waals surface area (Å²) in [5, 5.41) is 19.9. The fourth-order valence-corrected chi connectivity index (χ4v) is 4.48. The molecule has 2 atom stereocenters. The van der Waals surface area contributed by atoms with Gasteiger partial charge in [0.1, 0.15) is 12.2 Å². The number of nitrogens with one attached hydrogen (secondary N) is 1. The maximum atomic E-state index is 12.0. The lowest BCUT2D eigenvalue weighted by atomic mass is 10.0. The van der Waals surface area contributed by atoms with Crippen LogP contribution in [0.3, 0.4) is 0 Å². The molecule has 2 heterocycles. The first-order valence-corrected chi connectivity index (χ1v) is 8.65. The number of amides is 1. The Morgan fingerprint density at radius 1 is 1.62 bits per heavy atom. The molecule has 1 saturated heterocycles. The molecule has 2 N–H and O–H groups in total. The molecule has 1 amide bonds. The number of carbonyl (C=O) groups excluding carboxylic acids is 1. The SMILES string of the molecule is CCC(O)c1cn(CC(=O)NC2(C)CCS(=O)(=O)C2)nn1. The van der Waals surface area contributed by atoms with E-state index in [1.54, 1.807) is 6.92 Å². The largest absolute Gasteiger partial charge is 0.387 e. The van der Waals surface area contributed by atoms with Gasteiger partial charge in [-0.1, -0.05) is 12.1 Å². The second kappa shape index (κ2) is 5.72. The third kappa shape index (κ3) is 4.01. The van der Waals surface area contributed by atoms with Gasteiger partial charge in [0.05, 0.1) is 29.3 Å². The lowest BCUT2D eigenvalue weighted by Crippen LogP contribution is -2.48. The maximum absolute atomic E-state index is 12.0. The summed E-state index contributed by atoms with van der Waals surface area (Å²) in [6.45, 7) is 3.49. The highest BCUT2D eigenvalue weighted by atomic mass is 32.2. The van der Waals surface area contributed by atoms with Crippen LogP contribution in [0.25, 0.3) is 0 Å². The Bertz CT molecular complexity index is 627. The summed E-state index contributed by atoms with van der Waals surface area (Å²) in [5.74, 6) is -0.264. The van der Waals surface area contributed by atoms with Gasteiger partial charge in [-0.15, -0.1) is 5.10 Å². The molecule has 0 saturated carbocycles. The topological polar surface area (TPSA) is 114 Å². The van der Waals surface area contributed by atoms with Crippen molar-refractivity contribution in [2.24, 2.45) is 0 Å². The average molecular weight is 316 g/mol. The molecule has 0 radical (unpaired) electrons. The molecular weight excluding hydrogens is 296 g/mol. The van der Waals surface area contributed by atoms with Crippen molar-refractivity contribution >= 4 is 15.7 Å². The number of rotatable bonds is 5. The Balaban J connectivity index is 1.95. The van der Waals surface area contributed by atoms with Crippen LogP contribution in [0.1, 0.15) is 38.5 Å². The highest BCUT2D eigenvalue weighted by molar-refractivity contribution is 7.91. The molecule has 8 nitrogen and oxygen atoms in total. The van der Waals surface area contributed by atoms with Gasteiger partial charge >= 0.3 is 0 Å². The number of aliphatic hydroxyl groups excluding tert-OH is 1. The minimum atomic E-state index is -3.07. The van der Waals surface area contributed by atoms with Crippen molar-refractivity contribution in [3.05, 3.63) is 11.9 Å². The minimum Gasteiger partial charge on any atom is -0.387 e. The summed E-state index contributed by atoms with van der Waals surface area (Å²) < 4.78 is 24.3. The van der Waals surface area contributed by atoms with E-state index in [1.165, 1.54) is 10.9 Å². The zero-order valence-electron chi connectivity index (χ0n) is 12.1. The summed E-state index contributed by atoms with van der Waals surface area (Å²) >= 11 is 0. The predicted octanol–water partition coefficient (Wildman–Crippen LogP) is -0.585. The van der Waals surface area contributed by atoms with Gasteiger partial charge in [0.15, 0.2) is 9.84 Å².